The molecule has 1 N–H and O–H groups in total. The van der Waals surface area contributed by atoms with Crippen molar-refractivity contribution in [2.45, 2.75) is 70.9 Å². The van der Waals surface area contributed by atoms with Gasteiger partial charge < -0.3 is 15.0 Å². The monoisotopic (exact) mass is 563 g/mol. The lowest BCUT2D eigenvalue weighted by atomic mass is 9.97. The average molecular weight is 564 g/mol. The first-order valence-corrected chi connectivity index (χ1v) is 14.3. The molecule has 1 aromatic carbocycles. The number of halogens is 1. The van der Waals surface area contributed by atoms with E-state index in [4.69, 9.17) is 9.72 Å². The van der Waals surface area contributed by atoms with Crippen LogP contribution in [0.2, 0.25) is 0 Å². The summed E-state index contributed by atoms with van der Waals surface area (Å²) >= 11 is 0. The molecular weight excluding hydrogens is 525 g/mol. The molecule has 2 fully saturated rings. The van der Waals surface area contributed by atoms with Crippen molar-refractivity contribution >= 4 is 40.2 Å². The van der Waals surface area contributed by atoms with Crippen LogP contribution in [0.3, 0.4) is 0 Å². The second kappa shape index (κ2) is 9.60. The van der Waals surface area contributed by atoms with E-state index in [9.17, 15) is 14.0 Å². The summed E-state index contributed by atoms with van der Waals surface area (Å²) in [5, 5.41) is 7.75. The first-order valence-electron chi connectivity index (χ1n) is 14.3. The Morgan fingerprint density at radius 3 is 2.56 bits per heavy atom. The van der Waals surface area contributed by atoms with E-state index in [1.54, 1.807) is 28.9 Å². The van der Waals surface area contributed by atoms with Gasteiger partial charge in [0.2, 0.25) is 0 Å². The molecule has 11 heteroatoms. The summed E-state index contributed by atoms with van der Waals surface area (Å²) in [6, 6.07) is 4.71. The fourth-order valence-electron chi connectivity index (χ4n) is 5.89. The third kappa shape index (κ3) is 5.29. The number of urea groups is 1. The minimum atomic E-state index is -0.563. The molecule has 41 heavy (non-hydrogen) atoms. The van der Waals surface area contributed by atoms with E-state index < -0.39 is 23.0 Å². The molecule has 10 nitrogen and oxygen atoms in total. The van der Waals surface area contributed by atoms with Crippen LogP contribution < -0.4 is 15.1 Å². The molecule has 0 atom stereocenters. The average Bonchev–Trinajstić information content (AvgIpc) is 3.53. The van der Waals surface area contributed by atoms with Crippen LogP contribution in [-0.4, -0.2) is 69.1 Å². The number of carbonyl (C=O) groups is 2. The van der Waals surface area contributed by atoms with Crippen molar-refractivity contribution in [2.24, 2.45) is 7.05 Å². The van der Waals surface area contributed by atoms with Crippen LogP contribution in [0.1, 0.15) is 64.6 Å². The van der Waals surface area contributed by atoms with Gasteiger partial charge in [-0.2, -0.15) is 5.10 Å². The molecule has 4 heterocycles. The van der Waals surface area contributed by atoms with Gasteiger partial charge in [-0.1, -0.05) is 0 Å². The number of hydrogen-bond acceptors (Lipinski definition) is 6. The molecular formula is C30H38FN7O3. The maximum absolute atomic E-state index is 14.9. The van der Waals surface area contributed by atoms with Crippen LogP contribution in [-0.2, 0) is 18.2 Å². The van der Waals surface area contributed by atoms with E-state index in [2.05, 4.69) is 35.2 Å². The number of pyridine rings is 1. The van der Waals surface area contributed by atoms with Gasteiger partial charge in [0.05, 0.1) is 16.7 Å². The number of nitrogens with zero attached hydrogens (tertiary/aromatic N) is 6. The predicted molar refractivity (Wildman–Crippen MR) is 156 cm³/mol. The number of carbonyl (C=O) groups excluding carboxylic acids is 2. The summed E-state index contributed by atoms with van der Waals surface area (Å²) < 4.78 is 22.2. The zero-order valence-electron chi connectivity index (χ0n) is 24.6. The second-order valence-corrected chi connectivity index (χ2v) is 13.0. The fraction of sp³-hybridized carbons (Fsp3) is 0.533. The maximum atomic E-state index is 14.9. The van der Waals surface area contributed by atoms with Crippen LogP contribution in [0.25, 0.3) is 10.9 Å². The van der Waals surface area contributed by atoms with Gasteiger partial charge in [0.25, 0.3) is 0 Å². The first kappa shape index (κ1) is 27.3. The van der Waals surface area contributed by atoms with Gasteiger partial charge in [-0.05, 0) is 66.0 Å². The topological polar surface area (TPSA) is 95.8 Å². The van der Waals surface area contributed by atoms with Crippen molar-refractivity contribution < 1.29 is 18.7 Å². The number of ether oxygens (including phenoxy) is 1. The molecule has 0 radical (unpaired) electrons. The Balaban J connectivity index is 1.27. The largest absolute Gasteiger partial charge is 0.444 e. The van der Waals surface area contributed by atoms with Crippen molar-refractivity contribution in [3.8, 4) is 0 Å². The Morgan fingerprint density at radius 2 is 1.88 bits per heavy atom. The summed E-state index contributed by atoms with van der Waals surface area (Å²) in [5.74, 6) is 0.484. The molecule has 0 unspecified atom stereocenters. The Morgan fingerprint density at radius 1 is 1.12 bits per heavy atom. The number of amides is 3. The highest BCUT2D eigenvalue weighted by Gasteiger charge is 2.41. The molecule has 1 aliphatic carbocycles. The van der Waals surface area contributed by atoms with Crippen molar-refractivity contribution in [2.75, 3.05) is 41.3 Å². The van der Waals surface area contributed by atoms with Crippen molar-refractivity contribution in [3.63, 3.8) is 0 Å². The van der Waals surface area contributed by atoms with Gasteiger partial charge in [0.15, 0.2) is 0 Å². The van der Waals surface area contributed by atoms with E-state index in [1.165, 1.54) is 6.07 Å². The number of fused-ring (bicyclic) bond motifs is 2. The molecule has 2 aromatic heterocycles. The zero-order valence-corrected chi connectivity index (χ0v) is 24.6. The Bertz CT molecular complexity index is 1540. The van der Waals surface area contributed by atoms with Gasteiger partial charge in [0, 0.05) is 73.7 Å². The van der Waals surface area contributed by atoms with Crippen molar-refractivity contribution in [3.05, 3.63) is 41.5 Å². The minimum Gasteiger partial charge on any atom is -0.444 e. The first-order chi connectivity index (χ1) is 19.3. The van der Waals surface area contributed by atoms with Gasteiger partial charge in [-0.25, -0.2) is 19.0 Å². The minimum absolute atomic E-state index is 0.113. The van der Waals surface area contributed by atoms with E-state index in [-0.39, 0.29) is 11.8 Å². The highest BCUT2D eigenvalue weighted by molar-refractivity contribution is 6.04. The predicted octanol–water partition coefficient (Wildman–Crippen LogP) is 5.42. The van der Waals surface area contributed by atoms with Gasteiger partial charge in [-0.3, -0.25) is 14.5 Å². The zero-order chi connectivity index (χ0) is 29.3. The third-order valence-electron chi connectivity index (χ3n) is 7.99. The standard InChI is InChI=1S/C30H38FN7O3/c1-29(2,3)41-28(40)38-12-11-36(17-30(38,4)5)25-15-22(18-7-8-18)32-26-20(25)9-10-37(26)27(39)33-24-13-19-16-35(6)34-23(19)14-21(24)31/h13-16,18H,7-12,17H2,1-6H3,(H,33,39). The SMILES string of the molecule is Cn1cc2cc(NC(=O)N3CCc4c(N5CCN(C(=O)OC(C)(C)C)C(C)(C)C5)cc(C5CC5)nc43)c(F)cc2n1. The molecule has 0 bridgehead atoms. The molecule has 3 aromatic rings. The van der Waals surface area contributed by atoms with Crippen molar-refractivity contribution in [1.29, 1.82) is 0 Å². The number of anilines is 3. The molecule has 1 saturated carbocycles. The number of aromatic nitrogens is 3. The molecule has 6 rings (SSSR count). The summed E-state index contributed by atoms with van der Waals surface area (Å²) in [5.41, 5.74) is 2.67. The summed E-state index contributed by atoms with van der Waals surface area (Å²) in [6.07, 6.45) is 4.28. The van der Waals surface area contributed by atoms with Gasteiger partial charge in [0.1, 0.15) is 17.2 Å². The van der Waals surface area contributed by atoms with Crippen LogP contribution >= 0.6 is 0 Å². The van der Waals surface area contributed by atoms with Gasteiger partial charge >= 0.3 is 12.1 Å². The number of benzene rings is 1. The molecule has 2 aliphatic heterocycles. The van der Waals surface area contributed by atoms with Crippen LogP contribution in [0.15, 0.2) is 24.4 Å². The quantitative estimate of drug-likeness (QED) is 0.458. The highest BCUT2D eigenvalue weighted by atomic mass is 19.1. The second-order valence-electron chi connectivity index (χ2n) is 13.0. The molecule has 3 amide bonds. The third-order valence-corrected chi connectivity index (χ3v) is 7.99. The Labute approximate surface area is 239 Å². The lowest BCUT2D eigenvalue weighted by molar-refractivity contribution is 0.000361. The molecule has 0 spiro atoms. The van der Waals surface area contributed by atoms with E-state index in [1.807, 2.05) is 25.7 Å². The molecule has 1 saturated heterocycles. The Hall–Kier alpha value is -3.89. The summed E-state index contributed by atoms with van der Waals surface area (Å²) in [4.78, 5) is 37.2. The number of nitrogens with one attached hydrogen (secondary N) is 1. The fourth-order valence-corrected chi connectivity index (χ4v) is 5.89. The van der Waals surface area contributed by atoms with E-state index >= 15 is 0 Å². The lowest BCUT2D eigenvalue weighted by Crippen LogP contribution is -2.62. The lowest BCUT2D eigenvalue weighted by Gasteiger charge is -2.48. The highest BCUT2D eigenvalue weighted by Crippen LogP contribution is 2.45. The molecule has 218 valence electrons. The Kier molecular flexibility index (Phi) is 6.39. The van der Waals surface area contributed by atoms with Crippen molar-refractivity contribution in [1.82, 2.24) is 19.7 Å². The van der Waals surface area contributed by atoms with E-state index in [0.29, 0.717) is 49.9 Å². The number of piperazine rings is 1. The normalized spacial score (nSPS) is 18.6. The summed E-state index contributed by atoms with van der Waals surface area (Å²) in [7, 11) is 1.77. The van der Waals surface area contributed by atoms with Crippen LogP contribution in [0.5, 0.6) is 0 Å². The van der Waals surface area contributed by atoms with E-state index in [0.717, 1.165) is 35.2 Å². The molecule has 3 aliphatic rings. The number of hydrogen-bond donors (Lipinski definition) is 1. The smallest absolute Gasteiger partial charge is 0.410 e. The van der Waals surface area contributed by atoms with Crippen LogP contribution in [0.4, 0.5) is 31.2 Å². The van der Waals surface area contributed by atoms with Crippen LogP contribution in [0, 0.1) is 5.82 Å². The maximum Gasteiger partial charge on any atom is 0.410 e. The number of aryl methyl sites for hydroxylation is 1. The number of rotatable bonds is 3. The summed E-state index contributed by atoms with van der Waals surface area (Å²) in [6.45, 7) is 12.0. The van der Waals surface area contributed by atoms with Gasteiger partial charge in [-0.15, -0.1) is 0 Å².